The van der Waals surface area contributed by atoms with Crippen molar-refractivity contribution >= 4 is 33.1 Å². The Balaban J connectivity index is 2.36. The number of benzene rings is 3. The van der Waals surface area contributed by atoms with Crippen LogP contribution in [0.25, 0.3) is 0 Å². The predicted octanol–water partition coefficient (Wildman–Crippen LogP) is 4.23. The Morgan fingerprint density at radius 2 is 0.960 bits per heavy atom. The number of hydrogen-bond acceptors (Lipinski definition) is 1. The molecule has 0 unspecified atom stereocenters. The van der Waals surface area contributed by atoms with Crippen LogP contribution in [-0.4, -0.2) is 31.7 Å². The van der Waals surface area contributed by atoms with Crippen LogP contribution < -0.4 is 15.9 Å². The van der Waals surface area contributed by atoms with E-state index in [-0.39, 0.29) is 0 Å². The van der Waals surface area contributed by atoms with Crippen molar-refractivity contribution in [3.8, 4) is 0 Å². The standard InChI is InChI=1S/C22H25ClNP/c1-24(2)18-19-25(23,20-12-6-3-7-13-20,21-14-8-4-9-15-21)22-16-10-5-11-17-22/h3-17H,18-19H2,1-2H3. The van der Waals surface area contributed by atoms with E-state index >= 15 is 0 Å². The van der Waals surface area contributed by atoms with Gasteiger partial charge in [-0.05, 0) is 0 Å². The van der Waals surface area contributed by atoms with Gasteiger partial charge in [-0.3, -0.25) is 0 Å². The van der Waals surface area contributed by atoms with E-state index in [0.717, 1.165) is 12.7 Å². The zero-order valence-electron chi connectivity index (χ0n) is 14.8. The molecule has 0 aliphatic heterocycles. The maximum absolute atomic E-state index is 7.92. The molecular weight excluding hydrogens is 345 g/mol. The second-order valence-electron chi connectivity index (χ2n) is 6.72. The van der Waals surface area contributed by atoms with Gasteiger partial charge in [-0.25, -0.2) is 0 Å². The summed E-state index contributed by atoms with van der Waals surface area (Å²) in [7, 11) is 4.22. The van der Waals surface area contributed by atoms with E-state index < -0.39 is 5.96 Å². The Hall–Kier alpha value is -1.66. The summed E-state index contributed by atoms with van der Waals surface area (Å²) < 4.78 is 0. The maximum atomic E-state index is 7.92. The third-order valence-electron chi connectivity index (χ3n) is 4.85. The Morgan fingerprint density at radius 1 is 0.640 bits per heavy atom. The zero-order chi connectivity index (χ0) is 17.8. The number of nitrogens with zero attached hydrogens (tertiary/aromatic N) is 1. The van der Waals surface area contributed by atoms with E-state index in [0.29, 0.717) is 0 Å². The Bertz CT molecular complexity index is 704. The van der Waals surface area contributed by atoms with Gasteiger partial charge in [-0.1, -0.05) is 0 Å². The molecule has 0 atom stereocenters. The van der Waals surface area contributed by atoms with Crippen LogP contribution in [-0.2, 0) is 0 Å². The molecule has 0 heterocycles. The molecule has 25 heavy (non-hydrogen) atoms. The summed E-state index contributed by atoms with van der Waals surface area (Å²) in [6.45, 7) is 0.931. The van der Waals surface area contributed by atoms with Crippen molar-refractivity contribution in [1.82, 2.24) is 4.90 Å². The topological polar surface area (TPSA) is 3.24 Å². The van der Waals surface area contributed by atoms with Gasteiger partial charge in [0.1, 0.15) is 0 Å². The van der Waals surface area contributed by atoms with Crippen molar-refractivity contribution in [2.45, 2.75) is 0 Å². The molecule has 3 rings (SSSR count). The van der Waals surface area contributed by atoms with E-state index in [1.807, 2.05) is 0 Å². The molecular formula is C22H25ClNP. The van der Waals surface area contributed by atoms with E-state index in [2.05, 4.69) is 110 Å². The fourth-order valence-electron chi connectivity index (χ4n) is 3.44. The Labute approximate surface area is 156 Å². The first kappa shape index (κ1) is 18.1. The van der Waals surface area contributed by atoms with Crippen LogP contribution in [0.1, 0.15) is 0 Å². The average molecular weight is 370 g/mol. The molecule has 0 bridgehead atoms. The quantitative estimate of drug-likeness (QED) is 0.588. The monoisotopic (exact) mass is 369 g/mol. The zero-order valence-corrected chi connectivity index (χ0v) is 16.5. The minimum absolute atomic E-state index is 0.901. The summed E-state index contributed by atoms with van der Waals surface area (Å²) in [5.41, 5.74) is 0. The summed E-state index contributed by atoms with van der Waals surface area (Å²) in [6.07, 6.45) is 0.901. The SMILES string of the molecule is CN(C)CCP(Cl)(c1ccccc1)(c1ccccc1)c1ccccc1. The molecule has 3 aromatic carbocycles. The van der Waals surface area contributed by atoms with E-state index in [1.165, 1.54) is 15.9 Å². The molecule has 1 nitrogen and oxygen atoms in total. The van der Waals surface area contributed by atoms with Crippen molar-refractivity contribution in [2.75, 3.05) is 26.8 Å². The van der Waals surface area contributed by atoms with Crippen LogP contribution in [0, 0.1) is 0 Å². The molecule has 130 valence electrons. The molecule has 0 radical (unpaired) electrons. The summed E-state index contributed by atoms with van der Waals surface area (Å²) in [6, 6.07) is 31.9. The molecule has 0 fully saturated rings. The molecule has 0 N–H and O–H groups in total. The second kappa shape index (κ2) is 7.30. The van der Waals surface area contributed by atoms with Gasteiger partial charge in [0.2, 0.25) is 0 Å². The van der Waals surface area contributed by atoms with Gasteiger partial charge in [0, 0.05) is 0 Å². The van der Waals surface area contributed by atoms with Crippen molar-refractivity contribution in [3.05, 3.63) is 91.0 Å². The molecule has 3 aromatic rings. The van der Waals surface area contributed by atoms with Crippen LogP contribution in [0.5, 0.6) is 0 Å². The van der Waals surface area contributed by atoms with Gasteiger partial charge >= 0.3 is 156 Å². The van der Waals surface area contributed by atoms with E-state index in [9.17, 15) is 0 Å². The van der Waals surface area contributed by atoms with Gasteiger partial charge in [0.15, 0.2) is 0 Å². The molecule has 0 aliphatic carbocycles. The van der Waals surface area contributed by atoms with Crippen LogP contribution >= 0.6 is 17.2 Å². The first-order chi connectivity index (χ1) is 12.1. The molecule has 0 amide bonds. The van der Waals surface area contributed by atoms with Gasteiger partial charge in [0.25, 0.3) is 0 Å². The van der Waals surface area contributed by atoms with Gasteiger partial charge < -0.3 is 0 Å². The molecule has 0 spiro atoms. The molecule has 0 saturated carbocycles. The van der Waals surface area contributed by atoms with Crippen LogP contribution in [0.3, 0.4) is 0 Å². The average Bonchev–Trinajstić information content (AvgIpc) is 2.68. The fourth-order valence-corrected chi connectivity index (χ4v) is 9.51. The first-order valence-corrected chi connectivity index (χ1v) is 11.9. The van der Waals surface area contributed by atoms with Crippen molar-refractivity contribution in [2.24, 2.45) is 0 Å². The van der Waals surface area contributed by atoms with Crippen molar-refractivity contribution in [3.63, 3.8) is 0 Å². The molecule has 0 aromatic heterocycles. The van der Waals surface area contributed by atoms with Gasteiger partial charge in [-0.15, -0.1) is 0 Å². The first-order valence-electron chi connectivity index (χ1n) is 8.60. The summed E-state index contributed by atoms with van der Waals surface area (Å²) in [5.74, 6) is -3.07. The minimum atomic E-state index is -3.07. The number of hydrogen-bond donors (Lipinski definition) is 0. The molecule has 0 aliphatic rings. The molecule has 3 heteroatoms. The third kappa shape index (κ3) is 3.25. The molecule has 0 saturated heterocycles. The van der Waals surface area contributed by atoms with Crippen LogP contribution in [0.4, 0.5) is 0 Å². The fraction of sp³-hybridized carbons (Fsp3) is 0.182. The third-order valence-corrected chi connectivity index (χ3v) is 12.3. The predicted molar refractivity (Wildman–Crippen MR) is 114 cm³/mol. The van der Waals surface area contributed by atoms with Crippen molar-refractivity contribution < 1.29 is 0 Å². The van der Waals surface area contributed by atoms with Gasteiger partial charge in [-0.2, -0.15) is 0 Å². The van der Waals surface area contributed by atoms with Crippen LogP contribution in [0.2, 0.25) is 0 Å². The second-order valence-corrected chi connectivity index (χ2v) is 13.3. The summed E-state index contributed by atoms with van der Waals surface area (Å²) in [5, 5.41) is 3.69. The van der Waals surface area contributed by atoms with Crippen LogP contribution in [0.15, 0.2) is 91.0 Å². The van der Waals surface area contributed by atoms with Crippen molar-refractivity contribution in [1.29, 1.82) is 0 Å². The number of halogens is 1. The summed E-state index contributed by atoms with van der Waals surface area (Å²) in [4.78, 5) is 2.22. The Morgan fingerprint density at radius 3 is 1.24 bits per heavy atom. The van der Waals surface area contributed by atoms with E-state index in [4.69, 9.17) is 11.2 Å². The normalized spacial score (nSPS) is 13.4. The van der Waals surface area contributed by atoms with Gasteiger partial charge in [0.05, 0.1) is 0 Å². The van der Waals surface area contributed by atoms with E-state index in [1.54, 1.807) is 0 Å². The Kier molecular flexibility index (Phi) is 5.29. The number of rotatable bonds is 6. The summed E-state index contributed by atoms with van der Waals surface area (Å²) >= 11 is 7.92.